The maximum atomic E-state index is 9.33. The summed E-state index contributed by atoms with van der Waals surface area (Å²) in [6, 6.07) is 2.47. The Labute approximate surface area is 191 Å². The molecule has 1 unspecified atom stereocenters. The van der Waals surface area contributed by atoms with Gasteiger partial charge in [0, 0.05) is 17.8 Å². The van der Waals surface area contributed by atoms with Crippen LogP contribution in [0.1, 0.15) is 75.3 Å². The van der Waals surface area contributed by atoms with E-state index in [2.05, 4.69) is 56.7 Å². The third-order valence-corrected chi connectivity index (χ3v) is 6.60. The van der Waals surface area contributed by atoms with E-state index in [0.717, 1.165) is 61.9 Å². The number of hydrogen-bond acceptors (Lipinski definition) is 3. The van der Waals surface area contributed by atoms with Crippen LogP contribution < -0.4 is 5.32 Å². The van der Waals surface area contributed by atoms with Gasteiger partial charge >= 0.3 is 0 Å². The molecule has 1 N–H and O–H groups in total. The number of rotatable bonds is 10. The normalized spacial score (nSPS) is 20.5. The van der Waals surface area contributed by atoms with Gasteiger partial charge in [-0.25, -0.2) is 0 Å². The third-order valence-electron chi connectivity index (χ3n) is 6.60. The summed E-state index contributed by atoms with van der Waals surface area (Å²) in [5.41, 5.74) is 6.52. The third kappa shape index (κ3) is 7.65. The van der Waals surface area contributed by atoms with Crippen molar-refractivity contribution in [2.24, 2.45) is 23.7 Å². The van der Waals surface area contributed by atoms with Crippen molar-refractivity contribution in [3.8, 4) is 6.07 Å². The molecule has 1 fully saturated rings. The monoisotopic (exact) mass is 417 g/mol. The van der Waals surface area contributed by atoms with Gasteiger partial charge in [-0.15, -0.1) is 0 Å². The van der Waals surface area contributed by atoms with Crippen LogP contribution >= 0.6 is 0 Å². The van der Waals surface area contributed by atoms with Gasteiger partial charge in [0.05, 0.1) is 6.07 Å². The Bertz CT molecular complexity index is 819. The molecule has 1 heterocycles. The Hall–Kier alpha value is -1.86. The van der Waals surface area contributed by atoms with Crippen LogP contribution in [0.15, 0.2) is 24.4 Å². The zero-order valence-corrected chi connectivity index (χ0v) is 20.3. The van der Waals surface area contributed by atoms with Crippen molar-refractivity contribution in [1.82, 2.24) is 10.3 Å². The van der Waals surface area contributed by atoms with E-state index in [-0.39, 0.29) is 5.92 Å². The fraction of sp³-hybridized carbons (Fsp3) is 0.630. The summed E-state index contributed by atoms with van der Waals surface area (Å²) < 4.78 is 0. The molecule has 1 aliphatic carbocycles. The first kappa shape index (κ1) is 25.4. The van der Waals surface area contributed by atoms with Crippen molar-refractivity contribution >= 4 is 13.3 Å². The smallest absolute Gasteiger partial charge is 0.114 e. The number of aryl methyl sites for hydroxylation is 2. The van der Waals surface area contributed by atoms with E-state index in [1.54, 1.807) is 0 Å². The van der Waals surface area contributed by atoms with Gasteiger partial charge < -0.3 is 5.32 Å². The quantitative estimate of drug-likeness (QED) is 0.293. The summed E-state index contributed by atoms with van der Waals surface area (Å²) in [4.78, 5) is 4.60. The molecular weight excluding hydrogens is 377 g/mol. The summed E-state index contributed by atoms with van der Waals surface area (Å²) in [6.45, 7) is 17.2. The molecule has 3 nitrogen and oxygen atoms in total. The van der Waals surface area contributed by atoms with Crippen molar-refractivity contribution in [3.63, 3.8) is 0 Å². The van der Waals surface area contributed by atoms with Crippen molar-refractivity contribution in [2.45, 2.75) is 73.1 Å². The van der Waals surface area contributed by atoms with E-state index in [0.29, 0.717) is 17.8 Å². The van der Waals surface area contributed by atoms with Gasteiger partial charge in [-0.2, -0.15) is 5.26 Å². The Kier molecular flexibility index (Phi) is 10.0. The van der Waals surface area contributed by atoms with Crippen LogP contribution in [-0.2, 0) is 6.42 Å². The second-order valence-corrected chi connectivity index (χ2v) is 9.89. The first-order valence-electron chi connectivity index (χ1n) is 11.9. The molecule has 4 heteroatoms. The molecule has 0 bridgehead atoms. The lowest BCUT2D eigenvalue weighted by molar-refractivity contribution is 0.262. The topological polar surface area (TPSA) is 48.7 Å². The molecule has 31 heavy (non-hydrogen) atoms. The van der Waals surface area contributed by atoms with E-state index in [4.69, 9.17) is 7.85 Å². The zero-order valence-electron chi connectivity index (χ0n) is 20.3. The molecule has 1 aromatic heterocycles. The molecule has 0 amide bonds. The number of aromatic nitrogens is 1. The number of hydrogen-bond donors (Lipinski definition) is 1. The van der Waals surface area contributed by atoms with Gasteiger partial charge in [0.1, 0.15) is 7.85 Å². The molecule has 0 saturated heterocycles. The summed E-state index contributed by atoms with van der Waals surface area (Å²) in [5.74, 6) is 1.73. The van der Waals surface area contributed by atoms with Gasteiger partial charge in [0.2, 0.25) is 0 Å². The molecular formula is C27H40BN3. The highest BCUT2D eigenvalue weighted by Gasteiger charge is 2.25. The van der Waals surface area contributed by atoms with Crippen LogP contribution in [0.25, 0.3) is 5.47 Å². The highest BCUT2D eigenvalue weighted by atomic mass is 14.8. The van der Waals surface area contributed by atoms with Crippen molar-refractivity contribution in [1.29, 1.82) is 5.26 Å². The average Bonchev–Trinajstić information content (AvgIpc) is 2.73. The number of pyridine rings is 1. The summed E-state index contributed by atoms with van der Waals surface area (Å²) in [7, 11) is 6.69. The van der Waals surface area contributed by atoms with Gasteiger partial charge in [-0.05, 0) is 93.5 Å². The second-order valence-electron chi connectivity index (χ2n) is 9.89. The lowest BCUT2D eigenvalue weighted by Gasteiger charge is -2.29. The van der Waals surface area contributed by atoms with Gasteiger partial charge in [0.15, 0.2) is 0 Å². The molecule has 2 radical (unpaired) electrons. The maximum Gasteiger partial charge on any atom is 0.114 e. The zero-order chi connectivity index (χ0) is 23.0. The van der Waals surface area contributed by atoms with E-state index in [9.17, 15) is 5.26 Å². The van der Waals surface area contributed by atoms with Crippen molar-refractivity contribution in [2.75, 3.05) is 13.1 Å². The number of nitrogens with zero attached hydrogens (tertiary/aromatic N) is 2. The predicted octanol–water partition coefficient (Wildman–Crippen LogP) is 5.91. The minimum atomic E-state index is 0.196. The minimum Gasteiger partial charge on any atom is -0.316 e. The second kappa shape index (κ2) is 12.3. The predicted molar refractivity (Wildman–Crippen MR) is 133 cm³/mol. The van der Waals surface area contributed by atoms with Crippen LogP contribution in [-0.4, -0.2) is 25.9 Å². The number of nitriles is 1. The van der Waals surface area contributed by atoms with Crippen LogP contribution in [0.5, 0.6) is 0 Å². The largest absolute Gasteiger partial charge is 0.316 e. The highest BCUT2D eigenvalue weighted by Crippen LogP contribution is 2.35. The summed E-state index contributed by atoms with van der Waals surface area (Å²) in [5, 5.41) is 12.8. The van der Waals surface area contributed by atoms with Crippen molar-refractivity contribution < 1.29 is 0 Å². The molecule has 2 rings (SSSR count). The molecule has 1 aliphatic rings. The highest BCUT2D eigenvalue weighted by molar-refractivity contribution is 6.42. The van der Waals surface area contributed by atoms with Gasteiger partial charge in [-0.3, -0.25) is 4.98 Å². The lowest BCUT2D eigenvalue weighted by Crippen LogP contribution is -2.21. The van der Waals surface area contributed by atoms with E-state index >= 15 is 0 Å². The van der Waals surface area contributed by atoms with Crippen LogP contribution in [0.4, 0.5) is 0 Å². The van der Waals surface area contributed by atoms with Crippen molar-refractivity contribution in [3.05, 3.63) is 46.8 Å². The molecule has 0 aliphatic heterocycles. The van der Waals surface area contributed by atoms with E-state index in [1.165, 1.54) is 23.1 Å². The molecule has 1 aromatic rings. The van der Waals surface area contributed by atoms with E-state index in [1.807, 2.05) is 13.1 Å². The van der Waals surface area contributed by atoms with Gasteiger partial charge in [0.25, 0.3) is 0 Å². The van der Waals surface area contributed by atoms with Crippen LogP contribution in [0.3, 0.4) is 0 Å². The minimum absolute atomic E-state index is 0.196. The summed E-state index contributed by atoms with van der Waals surface area (Å²) in [6.07, 6.45) is 10.3. The Morgan fingerprint density at radius 1 is 1.35 bits per heavy atom. The fourth-order valence-electron chi connectivity index (χ4n) is 4.68. The van der Waals surface area contributed by atoms with E-state index < -0.39 is 0 Å². The molecule has 0 aromatic carbocycles. The number of allylic oxidation sites excluding steroid dienone is 1. The number of nitrogens with one attached hydrogen (secondary N) is 1. The Morgan fingerprint density at radius 2 is 2.10 bits per heavy atom. The average molecular weight is 417 g/mol. The molecule has 0 spiro atoms. The summed E-state index contributed by atoms with van der Waals surface area (Å²) >= 11 is 0. The first-order chi connectivity index (χ1) is 14.7. The maximum absolute atomic E-state index is 9.33. The van der Waals surface area contributed by atoms with Crippen LogP contribution in [0.2, 0.25) is 0 Å². The fourth-order valence-corrected chi connectivity index (χ4v) is 4.68. The molecule has 3 atom stereocenters. The standard InChI is InChI=1S/C27H40BN3/c1-18(2)16-30-11-10-19(3)12-25-21(5)17-31-22(6)27(25)26(28)13-20(4)24-9-7-8-23(14-24)15-29/h13,17-18,20,23-24,30H,3,7-12,14,16H2,1-2,4-6H3/b26-13+/t20?,23-,24+/m1/s1. The first-order valence-corrected chi connectivity index (χ1v) is 11.9. The van der Waals surface area contributed by atoms with Gasteiger partial charge in [-0.1, -0.05) is 50.9 Å². The lowest BCUT2D eigenvalue weighted by atomic mass is 9.73. The van der Waals surface area contributed by atoms with Crippen LogP contribution in [0, 0.1) is 48.9 Å². The molecule has 166 valence electrons. The Morgan fingerprint density at radius 3 is 2.77 bits per heavy atom. The SMILES string of the molecule is [B]/C(=C/C(C)[C@H]1CCC[C@@H](C#N)C1)c1c(C)ncc(C)c1CC(=C)CCNCC(C)C. The Balaban J connectivity index is 2.16. The molecule has 1 saturated carbocycles.